The van der Waals surface area contributed by atoms with E-state index in [-0.39, 0.29) is 0 Å². The summed E-state index contributed by atoms with van der Waals surface area (Å²) in [6.07, 6.45) is 2.67. The molecule has 0 aliphatic rings. The number of aromatic nitrogens is 2. The molecule has 0 saturated heterocycles. The van der Waals surface area contributed by atoms with Crippen LogP contribution in [0.3, 0.4) is 0 Å². The number of aromatic amines is 2. The van der Waals surface area contributed by atoms with Gasteiger partial charge in [-0.2, -0.15) is 0 Å². The molecule has 11 heavy (non-hydrogen) atoms. The highest BCUT2D eigenvalue weighted by atomic mass is 16.2. The topological polar surface area (TPSA) is 91.7 Å². The summed E-state index contributed by atoms with van der Waals surface area (Å²) in [4.78, 5) is 25.6. The molecule has 0 bridgehead atoms. The Kier molecular flexibility index (Phi) is 1.91. The first-order valence-corrected chi connectivity index (χ1v) is 2.94. The van der Waals surface area contributed by atoms with Crippen LogP contribution in [0.4, 0.5) is 0 Å². The summed E-state index contributed by atoms with van der Waals surface area (Å²) < 4.78 is 0. The molecule has 1 rings (SSSR count). The molecular formula is C6H7N3O2. The van der Waals surface area contributed by atoms with Gasteiger partial charge in [0, 0.05) is 11.8 Å². The van der Waals surface area contributed by atoms with Gasteiger partial charge in [-0.15, -0.1) is 0 Å². The van der Waals surface area contributed by atoms with E-state index in [1.807, 2.05) is 4.98 Å². The highest BCUT2D eigenvalue weighted by Gasteiger charge is 1.89. The molecule has 4 N–H and O–H groups in total. The summed E-state index contributed by atoms with van der Waals surface area (Å²) >= 11 is 0. The maximum Gasteiger partial charge on any atom is 0.326 e. The molecule has 0 radical (unpaired) electrons. The van der Waals surface area contributed by atoms with Crippen LogP contribution in [0.2, 0.25) is 0 Å². The monoisotopic (exact) mass is 153 g/mol. The molecule has 0 aromatic carbocycles. The lowest BCUT2D eigenvalue weighted by Crippen LogP contribution is -2.21. The molecule has 0 aliphatic carbocycles. The van der Waals surface area contributed by atoms with Crippen LogP contribution in [-0.4, -0.2) is 9.97 Å². The number of rotatable bonds is 1. The van der Waals surface area contributed by atoms with Crippen LogP contribution < -0.4 is 17.0 Å². The van der Waals surface area contributed by atoms with Crippen molar-refractivity contribution < 1.29 is 0 Å². The van der Waals surface area contributed by atoms with E-state index in [4.69, 9.17) is 5.73 Å². The summed E-state index contributed by atoms with van der Waals surface area (Å²) in [5, 5.41) is 0. The second-order valence-corrected chi connectivity index (χ2v) is 1.90. The van der Waals surface area contributed by atoms with Crippen LogP contribution in [0, 0.1) is 0 Å². The van der Waals surface area contributed by atoms with Crippen molar-refractivity contribution in [3.05, 3.63) is 38.8 Å². The lowest BCUT2D eigenvalue weighted by atomic mass is 10.4. The standard InChI is InChI=1S/C6H7N3O2/c7-2-1-4-3-5(10)9-6(11)8-4/h1-3H,7H2,(H2,8,9,10,11). The summed E-state index contributed by atoms with van der Waals surface area (Å²) in [7, 11) is 0. The van der Waals surface area contributed by atoms with Crippen LogP contribution in [0.1, 0.15) is 5.69 Å². The molecule has 0 fully saturated rings. The van der Waals surface area contributed by atoms with Gasteiger partial charge in [0.1, 0.15) is 0 Å². The second-order valence-electron chi connectivity index (χ2n) is 1.90. The fraction of sp³-hybridized carbons (Fsp3) is 0. The SMILES string of the molecule is NC=Cc1cc(=O)[nH]c(=O)[nH]1. The fourth-order valence-electron chi connectivity index (χ4n) is 0.681. The van der Waals surface area contributed by atoms with Gasteiger partial charge in [0.2, 0.25) is 0 Å². The van der Waals surface area contributed by atoms with E-state index >= 15 is 0 Å². The molecule has 5 heteroatoms. The third kappa shape index (κ3) is 1.82. The molecule has 1 aromatic heterocycles. The van der Waals surface area contributed by atoms with Gasteiger partial charge in [-0.25, -0.2) is 4.79 Å². The van der Waals surface area contributed by atoms with Crippen molar-refractivity contribution in [2.45, 2.75) is 0 Å². The molecule has 0 amide bonds. The maximum atomic E-state index is 10.6. The van der Waals surface area contributed by atoms with Gasteiger partial charge >= 0.3 is 5.69 Å². The van der Waals surface area contributed by atoms with Crippen LogP contribution >= 0.6 is 0 Å². The molecule has 0 saturated carbocycles. The predicted octanol–water partition coefficient (Wildman–Crippen LogP) is -1.01. The smallest absolute Gasteiger partial charge is 0.326 e. The Hall–Kier alpha value is -1.78. The minimum Gasteiger partial charge on any atom is -0.405 e. The Labute approximate surface area is 61.6 Å². The Bertz CT molecular complexity index is 346. The van der Waals surface area contributed by atoms with Gasteiger partial charge in [0.25, 0.3) is 5.56 Å². The predicted molar refractivity (Wildman–Crippen MR) is 40.9 cm³/mol. The zero-order valence-electron chi connectivity index (χ0n) is 5.63. The van der Waals surface area contributed by atoms with Crippen molar-refractivity contribution in [1.29, 1.82) is 0 Å². The van der Waals surface area contributed by atoms with Crippen molar-refractivity contribution >= 4 is 6.08 Å². The molecule has 5 nitrogen and oxygen atoms in total. The zero-order valence-corrected chi connectivity index (χ0v) is 5.63. The van der Waals surface area contributed by atoms with Gasteiger partial charge in [-0.1, -0.05) is 0 Å². The van der Waals surface area contributed by atoms with E-state index in [9.17, 15) is 9.59 Å². The van der Waals surface area contributed by atoms with Gasteiger partial charge in [-0.05, 0) is 12.3 Å². The molecule has 0 spiro atoms. The van der Waals surface area contributed by atoms with E-state index in [1.165, 1.54) is 18.3 Å². The Morgan fingerprint density at radius 3 is 2.64 bits per heavy atom. The van der Waals surface area contributed by atoms with Crippen LogP contribution in [0.15, 0.2) is 21.9 Å². The lowest BCUT2D eigenvalue weighted by molar-refractivity contribution is 1.02. The number of H-pyrrole nitrogens is 2. The number of hydrogen-bond donors (Lipinski definition) is 3. The first-order valence-electron chi connectivity index (χ1n) is 2.94. The summed E-state index contributed by atoms with van der Waals surface area (Å²) in [5.74, 6) is 0. The van der Waals surface area contributed by atoms with Crippen molar-refractivity contribution in [3.8, 4) is 0 Å². The summed E-state index contributed by atoms with van der Waals surface area (Å²) in [6, 6.07) is 1.24. The van der Waals surface area contributed by atoms with Gasteiger partial charge in [0.05, 0.1) is 0 Å². The molecule has 0 aliphatic heterocycles. The number of hydrogen-bond acceptors (Lipinski definition) is 3. The molecule has 0 atom stereocenters. The molecule has 1 heterocycles. The van der Waals surface area contributed by atoms with Gasteiger partial charge < -0.3 is 10.7 Å². The van der Waals surface area contributed by atoms with Crippen LogP contribution in [-0.2, 0) is 0 Å². The van der Waals surface area contributed by atoms with Crippen molar-refractivity contribution in [1.82, 2.24) is 9.97 Å². The Balaban J connectivity index is 3.30. The number of nitrogens with one attached hydrogen (secondary N) is 2. The molecule has 1 aromatic rings. The van der Waals surface area contributed by atoms with E-state index in [0.717, 1.165) is 0 Å². The Morgan fingerprint density at radius 2 is 2.09 bits per heavy atom. The van der Waals surface area contributed by atoms with E-state index in [1.54, 1.807) is 0 Å². The minimum atomic E-state index is -0.536. The zero-order chi connectivity index (χ0) is 8.27. The quantitative estimate of drug-likeness (QED) is 0.482. The summed E-state index contributed by atoms with van der Waals surface area (Å²) in [6.45, 7) is 0. The molecular weight excluding hydrogens is 146 g/mol. The minimum absolute atomic E-state index is 0.390. The normalized spacial score (nSPS) is 10.5. The van der Waals surface area contributed by atoms with Crippen molar-refractivity contribution in [3.63, 3.8) is 0 Å². The van der Waals surface area contributed by atoms with Crippen molar-refractivity contribution in [2.24, 2.45) is 5.73 Å². The largest absolute Gasteiger partial charge is 0.405 e. The van der Waals surface area contributed by atoms with Crippen LogP contribution in [0.5, 0.6) is 0 Å². The molecule has 0 unspecified atom stereocenters. The average Bonchev–Trinajstić information content (AvgIpc) is 1.85. The highest BCUT2D eigenvalue weighted by molar-refractivity contribution is 5.41. The third-order valence-corrected chi connectivity index (χ3v) is 1.06. The average molecular weight is 153 g/mol. The fourth-order valence-corrected chi connectivity index (χ4v) is 0.681. The molecule has 58 valence electrons. The van der Waals surface area contributed by atoms with E-state index < -0.39 is 11.2 Å². The van der Waals surface area contributed by atoms with Gasteiger partial charge in [0.15, 0.2) is 0 Å². The van der Waals surface area contributed by atoms with E-state index in [2.05, 4.69) is 4.98 Å². The summed E-state index contributed by atoms with van der Waals surface area (Å²) in [5.41, 5.74) is 4.46. The first kappa shape index (κ1) is 7.33. The second kappa shape index (κ2) is 2.87. The third-order valence-electron chi connectivity index (χ3n) is 1.06. The lowest BCUT2D eigenvalue weighted by Gasteiger charge is -1.88. The van der Waals surface area contributed by atoms with E-state index in [0.29, 0.717) is 5.69 Å². The van der Waals surface area contributed by atoms with Gasteiger partial charge in [-0.3, -0.25) is 9.78 Å². The Morgan fingerprint density at radius 1 is 1.36 bits per heavy atom. The van der Waals surface area contributed by atoms with Crippen molar-refractivity contribution in [2.75, 3.05) is 0 Å². The highest BCUT2D eigenvalue weighted by Crippen LogP contribution is 1.85. The van der Waals surface area contributed by atoms with Crippen LogP contribution in [0.25, 0.3) is 6.08 Å². The first-order chi connectivity index (χ1) is 5.22. The maximum absolute atomic E-state index is 10.6. The number of nitrogens with two attached hydrogens (primary N) is 1.